The molecular weight excluding hydrogens is 348 g/mol. The van der Waals surface area contributed by atoms with E-state index >= 15 is 0 Å². The average molecular weight is 377 g/mol. The Labute approximate surface area is 158 Å². The summed E-state index contributed by atoms with van der Waals surface area (Å²) in [6.07, 6.45) is 4.25. The first-order valence-corrected chi connectivity index (χ1v) is 10.5. The Morgan fingerprint density at radius 2 is 2.15 bits per heavy atom. The lowest BCUT2D eigenvalue weighted by molar-refractivity contribution is 0.0331. The maximum atomic E-state index is 9.12. The van der Waals surface area contributed by atoms with E-state index in [1.807, 2.05) is 11.3 Å². The van der Waals surface area contributed by atoms with Crippen molar-refractivity contribution in [2.24, 2.45) is 5.92 Å². The maximum Gasteiger partial charge on any atom is 0.146 e. The molecule has 0 radical (unpaired) electrons. The molecule has 26 heavy (non-hydrogen) atoms. The van der Waals surface area contributed by atoms with Crippen molar-refractivity contribution in [1.82, 2.24) is 14.9 Å². The first kappa shape index (κ1) is 18.1. The van der Waals surface area contributed by atoms with Gasteiger partial charge in [-0.1, -0.05) is 6.92 Å². The van der Waals surface area contributed by atoms with Crippen LogP contribution >= 0.6 is 11.3 Å². The third-order valence-corrected chi connectivity index (χ3v) is 6.45. The number of anilines is 1. The van der Waals surface area contributed by atoms with Gasteiger partial charge >= 0.3 is 0 Å². The van der Waals surface area contributed by atoms with Crippen LogP contribution in [0.3, 0.4) is 0 Å². The maximum absolute atomic E-state index is 9.12. The van der Waals surface area contributed by atoms with Crippen LogP contribution in [-0.4, -0.2) is 59.4 Å². The van der Waals surface area contributed by atoms with E-state index in [2.05, 4.69) is 17.1 Å². The van der Waals surface area contributed by atoms with Gasteiger partial charge in [-0.05, 0) is 37.2 Å². The molecule has 0 unspecified atom stereocenters. The van der Waals surface area contributed by atoms with Crippen LogP contribution in [0, 0.1) is 5.92 Å². The monoisotopic (exact) mass is 376 g/mol. The van der Waals surface area contributed by atoms with Crippen molar-refractivity contribution in [1.29, 1.82) is 0 Å². The summed E-state index contributed by atoms with van der Waals surface area (Å²) in [6.45, 7) is 7.49. The number of fused-ring (bicyclic) bond motifs is 3. The van der Waals surface area contributed by atoms with Gasteiger partial charge in [0.2, 0.25) is 0 Å². The second kappa shape index (κ2) is 8.17. The number of thiophene rings is 1. The molecule has 1 saturated heterocycles. The quantitative estimate of drug-likeness (QED) is 0.755. The minimum absolute atomic E-state index is 0.196. The summed E-state index contributed by atoms with van der Waals surface area (Å²) >= 11 is 1.85. The number of nitrogens with zero attached hydrogens (tertiary/aromatic N) is 3. The minimum atomic E-state index is 0.196. The van der Waals surface area contributed by atoms with Gasteiger partial charge in [-0.15, -0.1) is 11.3 Å². The zero-order valence-corrected chi connectivity index (χ0v) is 16.3. The van der Waals surface area contributed by atoms with Gasteiger partial charge in [-0.2, -0.15) is 0 Å². The van der Waals surface area contributed by atoms with Gasteiger partial charge in [0, 0.05) is 31.1 Å². The average Bonchev–Trinajstić information content (AvgIpc) is 3.00. The fourth-order valence-corrected chi connectivity index (χ4v) is 5.23. The van der Waals surface area contributed by atoms with Crippen LogP contribution in [0.5, 0.6) is 0 Å². The number of hydrogen-bond acceptors (Lipinski definition) is 7. The van der Waals surface area contributed by atoms with E-state index in [1.165, 1.54) is 22.2 Å². The van der Waals surface area contributed by atoms with Crippen molar-refractivity contribution in [2.75, 3.05) is 44.8 Å². The Bertz CT molecular complexity index is 758. The number of ether oxygens (including phenoxy) is 1. The van der Waals surface area contributed by atoms with Crippen molar-refractivity contribution in [2.45, 2.75) is 39.2 Å². The summed E-state index contributed by atoms with van der Waals surface area (Å²) in [5.41, 5.74) is 1.45. The Morgan fingerprint density at radius 1 is 1.31 bits per heavy atom. The molecule has 2 aromatic rings. The van der Waals surface area contributed by atoms with Gasteiger partial charge in [0.15, 0.2) is 0 Å². The van der Waals surface area contributed by atoms with Crippen molar-refractivity contribution >= 4 is 27.4 Å². The number of aryl methyl sites for hydroxylation is 1. The molecule has 0 saturated carbocycles. The first-order valence-electron chi connectivity index (χ1n) is 9.70. The smallest absolute Gasteiger partial charge is 0.146 e. The highest BCUT2D eigenvalue weighted by atomic mass is 32.1. The molecule has 7 heteroatoms. The lowest BCUT2D eigenvalue weighted by atomic mass is 9.89. The molecule has 0 bridgehead atoms. The standard InChI is InChI=1S/C19H28N4O2S/c1-13-3-4-14-15(11-13)26-19-17(14)18(20-5-2-8-24)21-16(22-19)12-23-6-9-25-10-7-23/h13,24H,2-12H2,1H3,(H,20,21,22)/t13-/m0/s1. The largest absolute Gasteiger partial charge is 0.396 e. The van der Waals surface area contributed by atoms with Crippen LogP contribution in [0.25, 0.3) is 10.2 Å². The van der Waals surface area contributed by atoms with Crippen LogP contribution in [-0.2, 0) is 24.1 Å². The Hall–Kier alpha value is -1.28. The van der Waals surface area contributed by atoms with Crippen molar-refractivity contribution in [3.05, 3.63) is 16.3 Å². The lowest BCUT2D eigenvalue weighted by Crippen LogP contribution is -2.36. The molecule has 142 valence electrons. The van der Waals surface area contributed by atoms with Crippen LogP contribution < -0.4 is 5.32 Å². The zero-order valence-electron chi connectivity index (χ0n) is 15.5. The third-order valence-electron chi connectivity index (χ3n) is 5.30. The Kier molecular flexibility index (Phi) is 5.69. The summed E-state index contributed by atoms with van der Waals surface area (Å²) in [4.78, 5) is 14.8. The molecule has 1 atom stereocenters. The molecule has 1 fully saturated rings. The summed E-state index contributed by atoms with van der Waals surface area (Å²) in [6, 6.07) is 0. The number of aliphatic hydroxyl groups excluding tert-OH is 1. The van der Waals surface area contributed by atoms with Crippen LogP contribution in [0.1, 0.15) is 36.0 Å². The molecule has 2 aromatic heterocycles. The number of aromatic nitrogens is 2. The van der Waals surface area contributed by atoms with Gasteiger partial charge in [0.05, 0.1) is 25.1 Å². The molecule has 1 aliphatic carbocycles. The van der Waals surface area contributed by atoms with Crippen molar-refractivity contribution < 1.29 is 9.84 Å². The molecule has 0 spiro atoms. The van der Waals surface area contributed by atoms with E-state index in [4.69, 9.17) is 19.8 Å². The fourth-order valence-electron chi connectivity index (χ4n) is 3.83. The van der Waals surface area contributed by atoms with Gasteiger partial charge < -0.3 is 15.2 Å². The Balaban J connectivity index is 1.67. The summed E-state index contributed by atoms with van der Waals surface area (Å²) in [7, 11) is 0. The molecule has 3 heterocycles. The summed E-state index contributed by atoms with van der Waals surface area (Å²) < 4.78 is 5.45. The molecule has 2 N–H and O–H groups in total. The topological polar surface area (TPSA) is 70.5 Å². The van der Waals surface area contributed by atoms with Crippen LogP contribution in [0.15, 0.2) is 0 Å². The number of hydrogen-bond donors (Lipinski definition) is 2. The molecule has 2 aliphatic rings. The molecule has 1 aliphatic heterocycles. The zero-order chi connectivity index (χ0) is 17.9. The second-order valence-electron chi connectivity index (χ2n) is 7.41. The number of aliphatic hydroxyl groups is 1. The van der Waals surface area contributed by atoms with E-state index in [-0.39, 0.29) is 6.61 Å². The van der Waals surface area contributed by atoms with E-state index in [0.717, 1.165) is 81.0 Å². The highest BCUT2D eigenvalue weighted by Crippen LogP contribution is 2.40. The number of nitrogens with one attached hydrogen (secondary N) is 1. The fraction of sp³-hybridized carbons (Fsp3) is 0.684. The molecule has 0 amide bonds. The highest BCUT2D eigenvalue weighted by molar-refractivity contribution is 7.19. The first-order chi connectivity index (χ1) is 12.7. The lowest BCUT2D eigenvalue weighted by Gasteiger charge is -2.26. The molecule has 4 rings (SSSR count). The SMILES string of the molecule is C[C@H]1CCc2c(sc3nc(CN4CCOCC4)nc(NCCCO)c23)C1. The van der Waals surface area contributed by atoms with E-state index in [1.54, 1.807) is 0 Å². The van der Waals surface area contributed by atoms with Gasteiger partial charge in [0.1, 0.15) is 16.5 Å². The Morgan fingerprint density at radius 3 is 2.96 bits per heavy atom. The van der Waals surface area contributed by atoms with Gasteiger partial charge in [0.25, 0.3) is 0 Å². The van der Waals surface area contributed by atoms with E-state index in [0.29, 0.717) is 0 Å². The number of rotatable bonds is 6. The van der Waals surface area contributed by atoms with Crippen molar-refractivity contribution in [3.8, 4) is 0 Å². The second-order valence-corrected chi connectivity index (χ2v) is 8.50. The van der Waals surface area contributed by atoms with Crippen molar-refractivity contribution in [3.63, 3.8) is 0 Å². The van der Waals surface area contributed by atoms with Crippen LogP contribution in [0.4, 0.5) is 5.82 Å². The third kappa shape index (κ3) is 3.86. The normalized spacial score (nSPS) is 21.1. The number of morpholine rings is 1. The molecule has 6 nitrogen and oxygen atoms in total. The predicted molar refractivity (Wildman–Crippen MR) is 105 cm³/mol. The molecule has 0 aromatic carbocycles. The van der Waals surface area contributed by atoms with Crippen LogP contribution in [0.2, 0.25) is 0 Å². The van der Waals surface area contributed by atoms with Gasteiger partial charge in [-0.25, -0.2) is 9.97 Å². The minimum Gasteiger partial charge on any atom is -0.396 e. The highest BCUT2D eigenvalue weighted by Gasteiger charge is 2.24. The molecular formula is C19H28N4O2S. The van der Waals surface area contributed by atoms with E-state index in [9.17, 15) is 0 Å². The van der Waals surface area contributed by atoms with Gasteiger partial charge in [-0.3, -0.25) is 4.90 Å². The predicted octanol–water partition coefficient (Wildman–Crippen LogP) is 2.44. The summed E-state index contributed by atoms with van der Waals surface area (Å²) in [5.74, 6) is 2.60. The summed E-state index contributed by atoms with van der Waals surface area (Å²) in [5, 5.41) is 13.8. The van der Waals surface area contributed by atoms with E-state index < -0.39 is 0 Å².